The topological polar surface area (TPSA) is 83.5 Å². The molecule has 0 saturated carbocycles. The molecule has 1 unspecified atom stereocenters. The first-order valence-corrected chi connectivity index (χ1v) is 7.58. The maximum atomic E-state index is 11.9. The highest BCUT2D eigenvalue weighted by molar-refractivity contribution is 9.10. The van der Waals surface area contributed by atoms with Gasteiger partial charge in [-0.2, -0.15) is 4.72 Å². The number of rotatable bonds is 4. The van der Waals surface area contributed by atoms with Crippen LogP contribution >= 0.6 is 39.1 Å². The fourth-order valence-corrected chi connectivity index (χ4v) is 4.26. The van der Waals surface area contributed by atoms with E-state index in [1.807, 2.05) is 4.72 Å². The minimum atomic E-state index is -4.10. The average molecular weight is 377 g/mol. The number of benzene rings is 1. The molecule has 1 atom stereocenters. The van der Waals surface area contributed by atoms with Gasteiger partial charge in [-0.15, -0.1) is 0 Å². The van der Waals surface area contributed by atoms with Gasteiger partial charge in [0.25, 0.3) is 0 Å². The highest BCUT2D eigenvalue weighted by atomic mass is 79.9. The summed E-state index contributed by atoms with van der Waals surface area (Å²) in [5.74, 6) is -1.30. The molecule has 0 fully saturated rings. The molecule has 0 radical (unpaired) electrons. The van der Waals surface area contributed by atoms with Gasteiger partial charge in [0, 0.05) is 4.47 Å². The van der Waals surface area contributed by atoms with Crippen LogP contribution in [0.25, 0.3) is 0 Å². The van der Waals surface area contributed by atoms with Gasteiger partial charge in [0.1, 0.15) is 10.9 Å². The van der Waals surface area contributed by atoms with Crippen molar-refractivity contribution in [1.82, 2.24) is 4.72 Å². The largest absolute Gasteiger partial charge is 0.480 e. The summed E-state index contributed by atoms with van der Waals surface area (Å²) < 4.78 is 26.4. The van der Waals surface area contributed by atoms with E-state index < -0.39 is 22.0 Å². The van der Waals surface area contributed by atoms with Gasteiger partial charge in [-0.25, -0.2) is 8.42 Å². The van der Waals surface area contributed by atoms with Crippen molar-refractivity contribution in [3.05, 3.63) is 26.7 Å². The van der Waals surface area contributed by atoms with Crippen LogP contribution in [-0.4, -0.2) is 25.5 Å². The van der Waals surface area contributed by atoms with Crippen LogP contribution in [0.2, 0.25) is 10.0 Å². The van der Waals surface area contributed by atoms with Crippen molar-refractivity contribution in [1.29, 1.82) is 0 Å². The van der Waals surface area contributed by atoms with Crippen LogP contribution in [0.4, 0.5) is 0 Å². The van der Waals surface area contributed by atoms with E-state index >= 15 is 0 Å². The van der Waals surface area contributed by atoms with Crippen LogP contribution in [0.5, 0.6) is 0 Å². The molecule has 0 aromatic heterocycles. The van der Waals surface area contributed by atoms with E-state index in [0.717, 1.165) is 0 Å². The lowest BCUT2D eigenvalue weighted by molar-refractivity contribution is -0.138. The molecule has 1 rings (SSSR count). The normalized spacial score (nSPS) is 13.3. The predicted molar refractivity (Wildman–Crippen MR) is 71.6 cm³/mol. The molecule has 2 N–H and O–H groups in total. The van der Waals surface area contributed by atoms with Crippen molar-refractivity contribution in [2.24, 2.45) is 0 Å². The summed E-state index contributed by atoms with van der Waals surface area (Å²) in [4.78, 5) is 10.3. The van der Waals surface area contributed by atoms with E-state index in [2.05, 4.69) is 15.9 Å². The molecule has 0 spiro atoms. The third-order valence-electron chi connectivity index (χ3n) is 1.93. The van der Waals surface area contributed by atoms with Gasteiger partial charge in [-0.3, -0.25) is 4.79 Å². The Hall–Kier alpha value is -0.340. The molecule has 0 heterocycles. The van der Waals surface area contributed by atoms with E-state index in [-0.39, 0.29) is 14.9 Å². The maximum absolute atomic E-state index is 11.9. The molecule has 0 amide bonds. The third-order valence-corrected chi connectivity index (χ3v) is 4.85. The number of halogens is 3. The van der Waals surface area contributed by atoms with E-state index in [9.17, 15) is 13.2 Å². The zero-order valence-corrected chi connectivity index (χ0v) is 12.9. The summed E-state index contributed by atoms with van der Waals surface area (Å²) in [5.41, 5.74) is 0. The second-order valence-corrected chi connectivity index (χ2v) is 6.76. The van der Waals surface area contributed by atoms with Crippen molar-refractivity contribution in [2.45, 2.75) is 17.9 Å². The first-order valence-electron chi connectivity index (χ1n) is 4.55. The summed E-state index contributed by atoms with van der Waals surface area (Å²) >= 11 is 14.7. The fourth-order valence-electron chi connectivity index (χ4n) is 1.13. The summed E-state index contributed by atoms with van der Waals surface area (Å²) in [6.07, 6.45) is 0. The van der Waals surface area contributed by atoms with Gasteiger partial charge in [0.2, 0.25) is 10.0 Å². The van der Waals surface area contributed by atoms with Gasteiger partial charge in [0.15, 0.2) is 0 Å². The van der Waals surface area contributed by atoms with Gasteiger partial charge in [-0.1, -0.05) is 39.1 Å². The highest BCUT2D eigenvalue weighted by Crippen LogP contribution is 2.32. The predicted octanol–water partition coefficient (Wildman–Crippen LogP) is 2.51. The van der Waals surface area contributed by atoms with Crippen molar-refractivity contribution in [3.63, 3.8) is 0 Å². The molecule has 0 aliphatic heterocycles. The molecule has 0 saturated heterocycles. The molecular weight excluding hydrogens is 369 g/mol. The zero-order chi connectivity index (χ0) is 14.1. The van der Waals surface area contributed by atoms with Crippen molar-refractivity contribution < 1.29 is 18.3 Å². The molecule has 9 heteroatoms. The van der Waals surface area contributed by atoms with E-state index in [1.165, 1.54) is 19.1 Å². The van der Waals surface area contributed by atoms with Gasteiger partial charge < -0.3 is 5.11 Å². The minimum absolute atomic E-state index is 0.0977. The number of carboxylic acid groups (broad SMARTS) is 1. The van der Waals surface area contributed by atoms with Crippen LogP contribution in [0.3, 0.4) is 0 Å². The second kappa shape index (κ2) is 5.75. The Morgan fingerprint density at radius 3 is 2.22 bits per heavy atom. The molecule has 1 aromatic carbocycles. The van der Waals surface area contributed by atoms with Crippen molar-refractivity contribution in [3.8, 4) is 0 Å². The Morgan fingerprint density at radius 2 is 1.83 bits per heavy atom. The number of nitrogens with one attached hydrogen (secondary N) is 1. The van der Waals surface area contributed by atoms with E-state index in [4.69, 9.17) is 28.3 Å². The number of carboxylic acids is 1. The Bertz CT molecular complexity index is 567. The first kappa shape index (κ1) is 15.7. The van der Waals surface area contributed by atoms with E-state index in [1.54, 1.807) is 0 Å². The number of aliphatic carboxylic acids is 1. The Balaban J connectivity index is 3.25. The van der Waals surface area contributed by atoms with Gasteiger partial charge >= 0.3 is 5.97 Å². The van der Waals surface area contributed by atoms with Crippen LogP contribution in [0, 0.1) is 0 Å². The van der Waals surface area contributed by atoms with Crippen LogP contribution < -0.4 is 4.72 Å². The standard InChI is InChI=1S/C9H8BrCl2NO4S/c1-4(9(14)15)13-18(16,17)8-6(11)2-5(10)3-7(8)12/h2-4,13H,1H3,(H,14,15). The first-order chi connectivity index (χ1) is 8.15. The lowest BCUT2D eigenvalue weighted by atomic mass is 10.4. The molecule has 0 aliphatic carbocycles. The highest BCUT2D eigenvalue weighted by Gasteiger charge is 2.26. The van der Waals surface area contributed by atoms with Crippen LogP contribution in [-0.2, 0) is 14.8 Å². The van der Waals surface area contributed by atoms with Crippen LogP contribution in [0.15, 0.2) is 21.5 Å². The van der Waals surface area contributed by atoms with Crippen molar-refractivity contribution in [2.75, 3.05) is 0 Å². The third kappa shape index (κ3) is 3.58. The second-order valence-electron chi connectivity index (χ2n) is 3.38. The minimum Gasteiger partial charge on any atom is -0.480 e. The van der Waals surface area contributed by atoms with E-state index in [0.29, 0.717) is 4.47 Å². The van der Waals surface area contributed by atoms with Gasteiger partial charge in [0.05, 0.1) is 10.0 Å². The molecule has 0 bridgehead atoms. The number of carbonyl (C=O) groups is 1. The lowest BCUT2D eigenvalue weighted by Gasteiger charge is -2.12. The maximum Gasteiger partial charge on any atom is 0.321 e. The SMILES string of the molecule is CC(NS(=O)(=O)c1c(Cl)cc(Br)cc1Cl)C(=O)O. The summed E-state index contributed by atoms with van der Waals surface area (Å²) in [7, 11) is -4.10. The number of hydrogen-bond acceptors (Lipinski definition) is 3. The Kier molecular flexibility index (Phi) is 5.02. The summed E-state index contributed by atoms with van der Waals surface area (Å²) in [6, 6.07) is 1.42. The van der Waals surface area contributed by atoms with Gasteiger partial charge in [-0.05, 0) is 19.1 Å². The molecule has 1 aromatic rings. The molecule has 5 nitrogen and oxygen atoms in total. The summed E-state index contributed by atoms with van der Waals surface area (Å²) in [5, 5.41) is 8.48. The Morgan fingerprint density at radius 1 is 1.39 bits per heavy atom. The fraction of sp³-hybridized carbons (Fsp3) is 0.222. The van der Waals surface area contributed by atoms with Crippen LogP contribution in [0.1, 0.15) is 6.92 Å². The van der Waals surface area contributed by atoms with Crippen molar-refractivity contribution >= 4 is 55.1 Å². The smallest absolute Gasteiger partial charge is 0.321 e. The number of hydrogen-bond donors (Lipinski definition) is 2. The zero-order valence-electron chi connectivity index (χ0n) is 8.95. The summed E-state index contributed by atoms with van der Waals surface area (Å²) in [6.45, 7) is 1.19. The molecule has 18 heavy (non-hydrogen) atoms. The Labute approximate surface area is 122 Å². The molecule has 100 valence electrons. The number of sulfonamides is 1. The lowest BCUT2D eigenvalue weighted by Crippen LogP contribution is -2.38. The molecule has 0 aliphatic rings. The quantitative estimate of drug-likeness (QED) is 0.845. The average Bonchev–Trinajstić information content (AvgIpc) is 2.13. The molecular formula is C9H8BrCl2NO4S. The monoisotopic (exact) mass is 375 g/mol.